The van der Waals surface area contributed by atoms with E-state index in [1.807, 2.05) is 0 Å². The Morgan fingerprint density at radius 2 is 2.33 bits per heavy atom. The van der Waals surface area contributed by atoms with Gasteiger partial charge in [0.05, 0.1) is 12.1 Å². The van der Waals surface area contributed by atoms with Crippen molar-refractivity contribution in [2.24, 2.45) is 0 Å². The molecule has 78 valence electrons. The molecule has 0 aliphatic heterocycles. The van der Waals surface area contributed by atoms with Crippen molar-refractivity contribution in [2.75, 3.05) is 7.11 Å². The number of aromatic nitrogens is 2. The van der Waals surface area contributed by atoms with E-state index in [1.165, 1.54) is 17.7 Å². The summed E-state index contributed by atoms with van der Waals surface area (Å²) in [4.78, 5) is 14.6. The zero-order valence-electron chi connectivity index (χ0n) is 7.77. The molecule has 1 N–H and O–H groups in total. The van der Waals surface area contributed by atoms with Gasteiger partial charge < -0.3 is 14.2 Å². The second-order valence-electron chi connectivity index (χ2n) is 2.89. The molecule has 6 heteroatoms. The Morgan fingerprint density at radius 1 is 1.60 bits per heavy atom. The molecule has 0 saturated heterocycles. The van der Waals surface area contributed by atoms with E-state index in [1.54, 1.807) is 12.3 Å². The van der Waals surface area contributed by atoms with Gasteiger partial charge in [-0.05, 0) is 0 Å². The van der Waals surface area contributed by atoms with Crippen LogP contribution < -0.4 is 4.74 Å². The maximum atomic E-state index is 10.7. The van der Waals surface area contributed by atoms with Crippen LogP contribution in [0.4, 0.5) is 0 Å². The Hall–Kier alpha value is -1.75. The molecule has 0 unspecified atom stereocenters. The largest absolute Gasteiger partial charge is 0.493 e. The van der Waals surface area contributed by atoms with Crippen LogP contribution in [0.25, 0.3) is 5.65 Å². The smallest absolute Gasteiger partial charge is 0.356 e. The van der Waals surface area contributed by atoms with Crippen molar-refractivity contribution in [3.8, 4) is 5.75 Å². The number of fused-ring (bicyclic) bond motifs is 1. The summed E-state index contributed by atoms with van der Waals surface area (Å²) < 4.78 is 6.56. The summed E-state index contributed by atoms with van der Waals surface area (Å²) in [6.45, 7) is 0. The highest BCUT2D eigenvalue weighted by molar-refractivity contribution is 6.30. The number of ether oxygens (including phenoxy) is 1. The number of imidazole rings is 1. The highest BCUT2D eigenvalue weighted by Crippen LogP contribution is 2.23. The van der Waals surface area contributed by atoms with Crippen LogP contribution in [0, 0.1) is 0 Å². The second kappa shape index (κ2) is 3.43. The Morgan fingerprint density at radius 3 is 2.93 bits per heavy atom. The third-order valence-electron chi connectivity index (χ3n) is 1.92. The number of nitrogens with zero attached hydrogens (tertiary/aromatic N) is 2. The normalized spacial score (nSPS) is 10.5. The summed E-state index contributed by atoms with van der Waals surface area (Å²) in [5.41, 5.74) is 0.384. The summed E-state index contributed by atoms with van der Waals surface area (Å²) in [6.07, 6.45) is 2.95. The molecule has 0 radical (unpaired) electrons. The fraction of sp³-hybridized carbons (Fsp3) is 0.111. The van der Waals surface area contributed by atoms with Gasteiger partial charge in [0.1, 0.15) is 0 Å². The Labute approximate surface area is 89.9 Å². The van der Waals surface area contributed by atoms with Crippen molar-refractivity contribution >= 4 is 23.2 Å². The van der Waals surface area contributed by atoms with Crippen LogP contribution in [0.5, 0.6) is 5.75 Å². The van der Waals surface area contributed by atoms with E-state index in [2.05, 4.69) is 4.98 Å². The minimum Gasteiger partial charge on any atom is -0.493 e. The van der Waals surface area contributed by atoms with E-state index in [0.29, 0.717) is 16.4 Å². The number of carbonyl (C=O) groups is 1. The monoisotopic (exact) mass is 226 g/mol. The molecule has 5 nitrogen and oxygen atoms in total. The lowest BCUT2D eigenvalue weighted by molar-refractivity contribution is 0.0691. The number of hydrogen-bond donors (Lipinski definition) is 1. The Kier molecular flexibility index (Phi) is 2.24. The lowest BCUT2D eigenvalue weighted by Gasteiger charge is -2.01. The molecule has 2 rings (SSSR count). The van der Waals surface area contributed by atoms with Crippen LogP contribution in [0.2, 0.25) is 5.02 Å². The zero-order valence-corrected chi connectivity index (χ0v) is 8.52. The van der Waals surface area contributed by atoms with Crippen LogP contribution in [-0.4, -0.2) is 27.6 Å². The maximum Gasteiger partial charge on any atom is 0.356 e. The number of halogens is 1. The molecule has 0 aliphatic rings. The van der Waals surface area contributed by atoms with Crippen molar-refractivity contribution in [1.82, 2.24) is 9.38 Å². The molecule has 0 atom stereocenters. The Balaban J connectivity index is 2.74. The van der Waals surface area contributed by atoms with Gasteiger partial charge in [0, 0.05) is 18.5 Å². The van der Waals surface area contributed by atoms with E-state index in [9.17, 15) is 4.79 Å². The molecule has 15 heavy (non-hydrogen) atoms. The SMILES string of the molecule is COc1cc(Cl)cn2cc(C(=O)O)nc12. The molecule has 2 heterocycles. The van der Waals surface area contributed by atoms with Gasteiger partial charge in [-0.2, -0.15) is 0 Å². The predicted octanol–water partition coefficient (Wildman–Crippen LogP) is 1.69. The molecule has 0 amide bonds. The van der Waals surface area contributed by atoms with Gasteiger partial charge >= 0.3 is 5.97 Å². The topological polar surface area (TPSA) is 63.8 Å². The quantitative estimate of drug-likeness (QED) is 0.847. The van der Waals surface area contributed by atoms with Crippen molar-refractivity contribution in [1.29, 1.82) is 0 Å². The lowest BCUT2D eigenvalue weighted by atomic mass is 10.4. The number of carboxylic acids is 1. The number of rotatable bonds is 2. The number of hydrogen-bond acceptors (Lipinski definition) is 3. The molecule has 0 bridgehead atoms. The first-order valence-electron chi connectivity index (χ1n) is 4.07. The number of aromatic carboxylic acids is 1. The van der Waals surface area contributed by atoms with E-state index in [0.717, 1.165) is 0 Å². The molecular weight excluding hydrogens is 220 g/mol. The van der Waals surface area contributed by atoms with Crippen LogP contribution in [0.1, 0.15) is 10.5 Å². The van der Waals surface area contributed by atoms with Gasteiger partial charge in [0.25, 0.3) is 0 Å². The fourth-order valence-electron chi connectivity index (χ4n) is 1.29. The van der Waals surface area contributed by atoms with Gasteiger partial charge in [0.15, 0.2) is 17.1 Å². The van der Waals surface area contributed by atoms with Crippen LogP contribution in [-0.2, 0) is 0 Å². The third-order valence-corrected chi connectivity index (χ3v) is 2.13. The summed E-state index contributed by atoms with van der Waals surface area (Å²) >= 11 is 5.82. The summed E-state index contributed by atoms with van der Waals surface area (Å²) in [5, 5.41) is 9.22. The van der Waals surface area contributed by atoms with Gasteiger partial charge in [-0.1, -0.05) is 11.6 Å². The molecule has 0 saturated carbocycles. The molecule has 0 spiro atoms. The van der Waals surface area contributed by atoms with Crippen molar-refractivity contribution < 1.29 is 14.6 Å². The van der Waals surface area contributed by atoms with Gasteiger partial charge in [-0.15, -0.1) is 0 Å². The highest BCUT2D eigenvalue weighted by Gasteiger charge is 2.12. The van der Waals surface area contributed by atoms with Gasteiger partial charge in [-0.3, -0.25) is 0 Å². The first-order valence-corrected chi connectivity index (χ1v) is 4.45. The number of pyridine rings is 1. The van der Waals surface area contributed by atoms with Crippen LogP contribution in [0.3, 0.4) is 0 Å². The molecule has 2 aromatic rings. The molecule has 2 aromatic heterocycles. The second-order valence-corrected chi connectivity index (χ2v) is 3.33. The Bertz CT molecular complexity index is 535. The summed E-state index contributed by atoms with van der Waals surface area (Å²) in [5.74, 6) is -0.646. The van der Waals surface area contributed by atoms with Crippen LogP contribution in [0.15, 0.2) is 18.5 Å². The maximum absolute atomic E-state index is 10.7. The van der Waals surface area contributed by atoms with E-state index in [4.69, 9.17) is 21.4 Å². The fourth-order valence-corrected chi connectivity index (χ4v) is 1.49. The van der Waals surface area contributed by atoms with E-state index >= 15 is 0 Å². The van der Waals surface area contributed by atoms with Crippen LogP contribution >= 0.6 is 11.6 Å². The van der Waals surface area contributed by atoms with Crippen molar-refractivity contribution in [3.63, 3.8) is 0 Å². The first kappa shape index (κ1) is 9.79. The van der Waals surface area contributed by atoms with E-state index < -0.39 is 5.97 Å². The first-order chi connectivity index (χ1) is 7.11. The molecular formula is C9H7ClN2O3. The minimum atomic E-state index is -1.09. The third kappa shape index (κ3) is 1.61. The van der Waals surface area contributed by atoms with Crippen molar-refractivity contribution in [3.05, 3.63) is 29.2 Å². The number of methoxy groups -OCH3 is 1. The van der Waals surface area contributed by atoms with Crippen molar-refractivity contribution in [2.45, 2.75) is 0 Å². The lowest BCUT2D eigenvalue weighted by Crippen LogP contribution is -1.95. The average molecular weight is 227 g/mol. The minimum absolute atomic E-state index is 0.0458. The molecule has 0 fully saturated rings. The summed E-state index contributed by atoms with van der Waals surface area (Å²) in [7, 11) is 1.47. The zero-order chi connectivity index (χ0) is 11.0. The van der Waals surface area contributed by atoms with Gasteiger partial charge in [0.2, 0.25) is 0 Å². The average Bonchev–Trinajstić information content (AvgIpc) is 2.59. The highest BCUT2D eigenvalue weighted by atomic mass is 35.5. The van der Waals surface area contributed by atoms with Gasteiger partial charge in [-0.25, -0.2) is 9.78 Å². The number of carboxylic acid groups (broad SMARTS) is 1. The molecule has 0 aliphatic carbocycles. The standard InChI is InChI=1S/C9H7ClN2O3/c1-15-7-2-5(10)3-12-4-6(9(13)14)11-8(7)12/h2-4H,1H3,(H,13,14). The summed E-state index contributed by atoms with van der Waals surface area (Å²) in [6, 6.07) is 1.58. The molecule has 0 aromatic carbocycles. The van der Waals surface area contributed by atoms with E-state index in [-0.39, 0.29) is 5.69 Å². The predicted molar refractivity (Wildman–Crippen MR) is 53.7 cm³/mol.